The van der Waals surface area contributed by atoms with Crippen LogP contribution in [-0.4, -0.2) is 36.6 Å². The van der Waals surface area contributed by atoms with E-state index in [4.69, 9.17) is 14.9 Å². The van der Waals surface area contributed by atoms with Crippen molar-refractivity contribution >= 4 is 0 Å². The quantitative estimate of drug-likeness (QED) is 0.376. The summed E-state index contributed by atoms with van der Waals surface area (Å²) in [5, 5.41) is 15.2. The first-order valence-corrected chi connectivity index (χ1v) is 9.12. The topological polar surface area (TPSA) is 84.7 Å². The van der Waals surface area contributed by atoms with Crippen molar-refractivity contribution in [2.45, 2.75) is 90.9 Å². The van der Waals surface area contributed by atoms with Gasteiger partial charge >= 0.3 is 0 Å². The molecule has 0 radical (unpaired) electrons. The average molecular weight is 322 g/mol. The molecule has 0 spiro atoms. The zero-order valence-electron chi connectivity index (χ0n) is 15.3. The highest BCUT2D eigenvalue weighted by atomic mass is 16.5. The summed E-state index contributed by atoms with van der Waals surface area (Å²) < 4.78 is 5.65. The van der Waals surface area contributed by atoms with E-state index in [1.165, 1.54) is 77.0 Å². The van der Waals surface area contributed by atoms with Crippen LogP contribution in [0.1, 0.15) is 90.9 Å². The second-order valence-electron chi connectivity index (χ2n) is 5.60. The van der Waals surface area contributed by atoms with Crippen LogP contribution in [0.25, 0.3) is 0 Å². The Morgan fingerprint density at radius 1 is 0.545 bits per heavy atom. The third-order valence-corrected chi connectivity index (χ3v) is 3.38. The van der Waals surface area contributed by atoms with E-state index < -0.39 is 0 Å². The van der Waals surface area contributed by atoms with E-state index in [9.17, 15) is 0 Å². The van der Waals surface area contributed by atoms with E-state index in [-0.39, 0.29) is 19.4 Å². The molecule has 0 amide bonds. The molecule has 0 rings (SSSR count). The Kier molecular flexibility index (Phi) is 35.1. The van der Waals surface area contributed by atoms with E-state index in [2.05, 4.69) is 13.8 Å². The zero-order chi connectivity index (χ0) is 16.0. The van der Waals surface area contributed by atoms with Gasteiger partial charge in [-0.2, -0.15) is 0 Å². The van der Waals surface area contributed by atoms with Gasteiger partial charge in [-0.15, -0.1) is 0 Å². The van der Waals surface area contributed by atoms with Crippen molar-refractivity contribution in [3.05, 3.63) is 0 Å². The minimum atomic E-state index is -0.125. The average Bonchev–Trinajstić information content (AvgIpc) is 2.52. The lowest BCUT2D eigenvalue weighted by atomic mass is 10.1. The number of hydrogen-bond donors (Lipinski definition) is 3. The summed E-state index contributed by atoms with van der Waals surface area (Å²) in [6.07, 6.45) is 16.3. The van der Waals surface area contributed by atoms with E-state index in [1.54, 1.807) is 0 Å². The number of ether oxygens (including phenoxy) is 1. The van der Waals surface area contributed by atoms with Gasteiger partial charge in [0.2, 0.25) is 0 Å². The molecule has 0 aromatic heterocycles. The number of hydrogen-bond acceptors (Lipinski definition) is 4. The highest BCUT2D eigenvalue weighted by Crippen LogP contribution is 2.06. The van der Waals surface area contributed by atoms with Gasteiger partial charge in [-0.1, -0.05) is 78.1 Å². The van der Waals surface area contributed by atoms with Gasteiger partial charge < -0.3 is 21.1 Å². The molecule has 0 saturated heterocycles. The fraction of sp³-hybridized carbons (Fsp3) is 1.00. The fourth-order valence-electron chi connectivity index (χ4n) is 2.07. The molecule has 0 unspecified atom stereocenters. The van der Waals surface area contributed by atoms with Crippen LogP contribution >= 0.6 is 0 Å². The van der Waals surface area contributed by atoms with E-state index in [0.29, 0.717) is 0 Å². The van der Waals surface area contributed by atoms with E-state index in [0.717, 1.165) is 13.2 Å². The minimum absolute atomic E-state index is 0. The van der Waals surface area contributed by atoms with Crippen LogP contribution in [-0.2, 0) is 4.74 Å². The first-order chi connectivity index (χ1) is 10.3. The van der Waals surface area contributed by atoms with Crippen molar-refractivity contribution in [3.63, 3.8) is 0 Å². The van der Waals surface area contributed by atoms with Crippen LogP contribution in [0, 0.1) is 0 Å². The summed E-state index contributed by atoms with van der Waals surface area (Å²) in [5.74, 6) is 0. The smallest absolute Gasteiger partial charge is 0.0662 e. The van der Waals surface area contributed by atoms with Gasteiger partial charge in [0.1, 0.15) is 0 Å². The van der Waals surface area contributed by atoms with Gasteiger partial charge in [-0.3, -0.25) is 0 Å². The van der Waals surface area contributed by atoms with Gasteiger partial charge in [0.25, 0.3) is 0 Å². The second-order valence-corrected chi connectivity index (χ2v) is 5.60. The molecule has 0 bridgehead atoms. The Balaban J connectivity index is -0.000000640. The highest BCUT2D eigenvalue weighted by Gasteiger charge is 1.92. The molecular formula is C18H43NO3. The lowest BCUT2D eigenvalue weighted by Gasteiger charge is -2.04. The lowest BCUT2D eigenvalue weighted by Crippen LogP contribution is -1.97. The summed E-state index contributed by atoms with van der Waals surface area (Å²) in [4.78, 5) is 0. The van der Waals surface area contributed by atoms with Gasteiger partial charge in [0.05, 0.1) is 13.2 Å². The van der Waals surface area contributed by atoms with Gasteiger partial charge in [-0.25, -0.2) is 0 Å². The molecule has 0 aromatic rings. The molecule has 22 heavy (non-hydrogen) atoms. The molecule has 4 heteroatoms. The Hall–Kier alpha value is -0.160. The van der Waals surface area contributed by atoms with E-state index in [1.807, 2.05) is 0 Å². The molecule has 0 aromatic carbocycles. The van der Waals surface area contributed by atoms with Crippen LogP contribution < -0.4 is 6.15 Å². The molecule has 0 atom stereocenters. The predicted octanol–water partition coefficient (Wildman–Crippen LogP) is 4.86. The SMILES string of the molecule is CCCCCCCCOCCCCCCCC.N.OCCO. The molecule has 0 aliphatic heterocycles. The maximum absolute atomic E-state index is 7.62. The van der Waals surface area contributed by atoms with Gasteiger partial charge in [0, 0.05) is 13.2 Å². The highest BCUT2D eigenvalue weighted by molar-refractivity contribution is 4.45. The Morgan fingerprint density at radius 2 is 0.864 bits per heavy atom. The summed E-state index contributed by atoms with van der Waals surface area (Å²) in [6, 6.07) is 0. The fourth-order valence-corrected chi connectivity index (χ4v) is 2.07. The van der Waals surface area contributed by atoms with Crippen LogP contribution in [0.4, 0.5) is 0 Å². The van der Waals surface area contributed by atoms with Crippen LogP contribution in [0.5, 0.6) is 0 Å². The monoisotopic (exact) mass is 321 g/mol. The van der Waals surface area contributed by atoms with Crippen molar-refractivity contribution in [2.75, 3.05) is 26.4 Å². The molecular weight excluding hydrogens is 278 g/mol. The third kappa shape index (κ3) is 32.0. The third-order valence-electron chi connectivity index (χ3n) is 3.38. The minimum Gasteiger partial charge on any atom is -0.394 e. The molecule has 4 nitrogen and oxygen atoms in total. The largest absolute Gasteiger partial charge is 0.394 e. The van der Waals surface area contributed by atoms with Crippen molar-refractivity contribution < 1.29 is 14.9 Å². The summed E-state index contributed by atoms with van der Waals surface area (Å²) >= 11 is 0. The van der Waals surface area contributed by atoms with Gasteiger partial charge in [0.15, 0.2) is 0 Å². The molecule has 5 N–H and O–H groups in total. The Morgan fingerprint density at radius 3 is 1.18 bits per heavy atom. The Labute approximate surface area is 139 Å². The van der Waals surface area contributed by atoms with Crippen molar-refractivity contribution in [2.24, 2.45) is 0 Å². The molecule has 0 fully saturated rings. The zero-order valence-corrected chi connectivity index (χ0v) is 15.3. The summed E-state index contributed by atoms with van der Waals surface area (Å²) in [7, 11) is 0. The first-order valence-electron chi connectivity index (χ1n) is 9.12. The standard InChI is InChI=1S/C16H34O.C2H6O2.H3N/c1-3-5-7-9-11-13-15-17-16-14-12-10-8-6-4-2;3-1-2-4;/h3-16H2,1-2H3;3-4H,1-2H2;1H3. The Bertz CT molecular complexity index is 141. The maximum Gasteiger partial charge on any atom is 0.0662 e. The molecule has 0 saturated carbocycles. The first kappa shape index (κ1) is 26.7. The number of aliphatic hydroxyl groups is 2. The van der Waals surface area contributed by atoms with Crippen molar-refractivity contribution in [1.29, 1.82) is 0 Å². The van der Waals surface area contributed by atoms with Crippen LogP contribution in [0.15, 0.2) is 0 Å². The van der Waals surface area contributed by atoms with Crippen LogP contribution in [0.3, 0.4) is 0 Å². The van der Waals surface area contributed by atoms with Crippen molar-refractivity contribution in [1.82, 2.24) is 6.15 Å². The molecule has 138 valence electrons. The molecule has 0 aliphatic rings. The number of rotatable bonds is 15. The van der Waals surface area contributed by atoms with Gasteiger partial charge in [-0.05, 0) is 12.8 Å². The second kappa shape index (κ2) is 28.9. The predicted molar refractivity (Wildman–Crippen MR) is 96.8 cm³/mol. The number of aliphatic hydroxyl groups excluding tert-OH is 2. The van der Waals surface area contributed by atoms with E-state index >= 15 is 0 Å². The van der Waals surface area contributed by atoms with Crippen LogP contribution in [0.2, 0.25) is 0 Å². The summed E-state index contributed by atoms with van der Waals surface area (Å²) in [6.45, 7) is 6.26. The summed E-state index contributed by atoms with van der Waals surface area (Å²) in [5.41, 5.74) is 0. The maximum atomic E-state index is 7.62. The van der Waals surface area contributed by atoms with Crippen molar-refractivity contribution in [3.8, 4) is 0 Å². The molecule has 0 heterocycles. The lowest BCUT2D eigenvalue weighted by molar-refractivity contribution is 0.125. The number of unbranched alkanes of at least 4 members (excludes halogenated alkanes) is 10. The molecule has 0 aliphatic carbocycles. The normalized spacial score (nSPS) is 9.82.